The molecular formula is C16H29N3O. The Morgan fingerprint density at radius 3 is 2.25 bits per heavy atom. The third-order valence-corrected chi connectivity index (χ3v) is 4.21. The molecule has 0 saturated carbocycles. The quantitative estimate of drug-likeness (QED) is 0.567. The minimum Gasteiger partial charge on any atom is -0.494 e. The molecule has 2 unspecified atom stereocenters. The van der Waals surface area contributed by atoms with Gasteiger partial charge in [0.05, 0.1) is 12.6 Å². The molecule has 0 aliphatic heterocycles. The third kappa shape index (κ3) is 3.72. The summed E-state index contributed by atoms with van der Waals surface area (Å²) in [4.78, 5) is 2.22. The summed E-state index contributed by atoms with van der Waals surface area (Å²) in [5, 5.41) is 0. The van der Waals surface area contributed by atoms with E-state index in [4.69, 9.17) is 10.6 Å². The molecule has 0 aliphatic rings. The van der Waals surface area contributed by atoms with Gasteiger partial charge in [-0.25, -0.2) is 0 Å². The number of hydrogen-bond donors (Lipinski definition) is 2. The number of benzene rings is 1. The van der Waals surface area contributed by atoms with Crippen molar-refractivity contribution in [3.63, 3.8) is 0 Å². The van der Waals surface area contributed by atoms with Gasteiger partial charge in [0.2, 0.25) is 0 Å². The highest BCUT2D eigenvalue weighted by Crippen LogP contribution is 2.32. The van der Waals surface area contributed by atoms with Crippen LogP contribution in [0.5, 0.6) is 5.75 Å². The van der Waals surface area contributed by atoms with Crippen LogP contribution in [0.15, 0.2) is 24.3 Å². The van der Waals surface area contributed by atoms with E-state index in [1.807, 2.05) is 12.1 Å². The summed E-state index contributed by atoms with van der Waals surface area (Å²) in [5.74, 6) is 6.73. The van der Waals surface area contributed by atoms with Crippen LogP contribution in [0, 0.1) is 0 Å². The fraction of sp³-hybridized carbons (Fsp3) is 0.625. The molecule has 0 aromatic heterocycles. The zero-order valence-corrected chi connectivity index (χ0v) is 13.4. The average Bonchev–Trinajstić information content (AvgIpc) is 2.46. The van der Waals surface area contributed by atoms with E-state index in [1.54, 1.807) is 0 Å². The first kappa shape index (κ1) is 17.0. The molecule has 0 fully saturated rings. The molecule has 4 nitrogen and oxygen atoms in total. The Kier molecular flexibility index (Phi) is 6.46. The average molecular weight is 279 g/mol. The van der Waals surface area contributed by atoms with Crippen LogP contribution in [0.3, 0.4) is 0 Å². The number of hydrazine groups is 1. The fourth-order valence-electron chi connectivity index (χ4n) is 2.39. The lowest BCUT2D eigenvalue weighted by Gasteiger charge is -2.42. The van der Waals surface area contributed by atoms with Crippen molar-refractivity contribution in [2.24, 2.45) is 5.84 Å². The van der Waals surface area contributed by atoms with Crippen LogP contribution < -0.4 is 16.0 Å². The summed E-state index contributed by atoms with van der Waals surface area (Å²) in [6.45, 7) is 7.26. The summed E-state index contributed by atoms with van der Waals surface area (Å²) < 4.78 is 5.62. The molecule has 1 rings (SSSR count). The molecule has 20 heavy (non-hydrogen) atoms. The first-order chi connectivity index (χ1) is 9.49. The van der Waals surface area contributed by atoms with Crippen LogP contribution in [0.4, 0.5) is 0 Å². The fourth-order valence-corrected chi connectivity index (χ4v) is 2.39. The number of nitrogens with zero attached hydrogens (tertiary/aromatic N) is 1. The lowest BCUT2D eigenvalue weighted by molar-refractivity contribution is 0.113. The Labute approximate surface area is 123 Å². The zero-order valence-electron chi connectivity index (χ0n) is 13.4. The van der Waals surface area contributed by atoms with Crippen molar-refractivity contribution in [2.45, 2.75) is 45.2 Å². The first-order valence-electron chi connectivity index (χ1n) is 7.35. The van der Waals surface area contributed by atoms with Crippen molar-refractivity contribution in [2.75, 3.05) is 20.7 Å². The number of ether oxygens (including phenoxy) is 1. The minimum atomic E-state index is -0.0411. The van der Waals surface area contributed by atoms with Crippen LogP contribution in [0.1, 0.15) is 45.2 Å². The summed E-state index contributed by atoms with van der Waals surface area (Å²) in [6.07, 6.45) is 2.02. The Bertz CT molecular complexity index is 391. The van der Waals surface area contributed by atoms with Gasteiger partial charge in [-0.1, -0.05) is 26.0 Å². The Morgan fingerprint density at radius 1 is 1.25 bits per heavy atom. The number of likely N-dealkylation sites (N-methyl/N-ethyl adjacent to an activating group) is 1. The molecule has 3 N–H and O–H groups in total. The predicted octanol–water partition coefficient (Wildman–Crippen LogP) is 2.71. The molecule has 0 amide bonds. The molecule has 1 aromatic carbocycles. The number of nitrogens with one attached hydrogen (secondary N) is 1. The standard InChI is InChI=1S/C16H29N3O/c1-6-12-20-14-10-8-13(9-11-14)15(18-17)16(3,7-2)19(4)5/h8-11,15,18H,6-7,12,17H2,1-5H3. The summed E-state index contributed by atoms with van der Waals surface area (Å²) in [7, 11) is 4.18. The molecule has 2 atom stereocenters. The van der Waals surface area contributed by atoms with E-state index < -0.39 is 0 Å². The van der Waals surface area contributed by atoms with Gasteiger partial charge in [0.1, 0.15) is 5.75 Å². The molecule has 0 saturated heterocycles. The van der Waals surface area contributed by atoms with E-state index >= 15 is 0 Å². The molecule has 114 valence electrons. The van der Waals surface area contributed by atoms with Crippen LogP contribution in [0.25, 0.3) is 0 Å². The van der Waals surface area contributed by atoms with Gasteiger partial charge in [-0.2, -0.15) is 0 Å². The second kappa shape index (κ2) is 7.62. The van der Waals surface area contributed by atoms with Gasteiger partial charge in [-0.15, -0.1) is 0 Å². The van der Waals surface area contributed by atoms with Crippen LogP contribution in [-0.4, -0.2) is 31.1 Å². The Morgan fingerprint density at radius 2 is 1.85 bits per heavy atom. The van der Waals surface area contributed by atoms with Crippen molar-refractivity contribution in [1.29, 1.82) is 0 Å². The van der Waals surface area contributed by atoms with Gasteiger partial charge in [-0.3, -0.25) is 11.3 Å². The lowest BCUT2D eigenvalue weighted by atomic mass is 9.84. The zero-order chi connectivity index (χ0) is 15.2. The van der Waals surface area contributed by atoms with Crippen molar-refractivity contribution in [3.8, 4) is 5.75 Å². The van der Waals surface area contributed by atoms with Crippen LogP contribution >= 0.6 is 0 Å². The maximum atomic E-state index is 5.81. The predicted molar refractivity (Wildman–Crippen MR) is 84.7 cm³/mol. The van der Waals surface area contributed by atoms with Gasteiger partial charge < -0.3 is 9.64 Å². The van der Waals surface area contributed by atoms with E-state index in [1.165, 1.54) is 5.56 Å². The molecule has 4 heteroatoms. The van der Waals surface area contributed by atoms with Crippen LogP contribution in [-0.2, 0) is 0 Å². The summed E-state index contributed by atoms with van der Waals surface area (Å²) in [5.41, 5.74) is 4.11. The van der Waals surface area contributed by atoms with E-state index in [9.17, 15) is 0 Å². The van der Waals surface area contributed by atoms with Crippen molar-refractivity contribution in [3.05, 3.63) is 29.8 Å². The number of rotatable bonds is 8. The molecule has 1 aromatic rings. The smallest absolute Gasteiger partial charge is 0.119 e. The topological polar surface area (TPSA) is 50.5 Å². The largest absolute Gasteiger partial charge is 0.494 e. The maximum Gasteiger partial charge on any atom is 0.119 e. The molecule has 0 aliphatic carbocycles. The molecule has 0 heterocycles. The van der Waals surface area contributed by atoms with Gasteiger partial charge in [-0.05, 0) is 51.6 Å². The normalized spacial score (nSPS) is 15.9. The second-order valence-electron chi connectivity index (χ2n) is 5.62. The Hall–Kier alpha value is -1.10. The highest BCUT2D eigenvalue weighted by atomic mass is 16.5. The van der Waals surface area contributed by atoms with Gasteiger partial charge in [0, 0.05) is 5.54 Å². The minimum absolute atomic E-state index is 0.0411. The van der Waals surface area contributed by atoms with Gasteiger partial charge in [0.15, 0.2) is 0 Å². The third-order valence-electron chi connectivity index (χ3n) is 4.21. The summed E-state index contributed by atoms with van der Waals surface area (Å²) >= 11 is 0. The monoisotopic (exact) mass is 279 g/mol. The summed E-state index contributed by atoms with van der Waals surface area (Å²) in [6, 6.07) is 8.28. The molecular weight excluding hydrogens is 250 g/mol. The molecule has 0 radical (unpaired) electrons. The lowest BCUT2D eigenvalue weighted by Crippen LogP contribution is -2.52. The van der Waals surface area contributed by atoms with Gasteiger partial charge >= 0.3 is 0 Å². The first-order valence-corrected chi connectivity index (χ1v) is 7.35. The van der Waals surface area contributed by atoms with E-state index in [-0.39, 0.29) is 11.6 Å². The Balaban J connectivity index is 2.95. The maximum absolute atomic E-state index is 5.81. The van der Waals surface area contributed by atoms with E-state index in [2.05, 4.69) is 57.3 Å². The van der Waals surface area contributed by atoms with Crippen LogP contribution in [0.2, 0.25) is 0 Å². The van der Waals surface area contributed by atoms with E-state index in [0.29, 0.717) is 0 Å². The molecule has 0 bridgehead atoms. The number of hydrogen-bond acceptors (Lipinski definition) is 4. The number of nitrogens with two attached hydrogens (primary N) is 1. The molecule has 0 spiro atoms. The van der Waals surface area contributed by atoms with E-state index in [0.717, 1.165) is 25.2 Å². The highest BCUT2D eigenvalue weighted by Gasteiger charge is 2.35. The van der Waals surface area contributed by atoms with Crippen molar-refractivity contribution < 1.29 is 4.74 Å². The second-order valence-corrected chi connectivity index (χ2v) is 5.62. The highest BCUT2D eigenvalue weighted by molar-refractivity contribution is 5.31. The SMILES string of the molecule is CCCOc1ccc(C(NN)C(C)(CC)N(C)C)cc1. The van der Waals surface area contributed by atoms with Crippen molar-refractivity contribution in [1.82, 2.24) is 10.3 Å². The van der Waals surface area contributed by atoms with Gasteiger partial charge in [0.25, 0.3) is 0 Å². The van der Waals surface area contributed by atoms with Crippen molar-refractivity contribution >= 4 is 0 Å².